The summed E-state index contributed by atoms with van der Waals surface area (Å²) in [6, 6.07) is 0. The van der Waals surface area contributed by atoms with Gasteiger partial charge >= 0.3 is 21.1 Å². The van der Waals surface area contributed by atoms with Crippen LogP contribution in [0.5, 0.6) is 0 Å². The second kappa shape index (κ2) is 12.6. The summed E-state index contributed by atoms with van der Waals surface area (Å²) in [7, 11) is 0. The van der Waals surface area contributed by atoms with Crippen LogP contribution in [0.2, 0.25) is 0 Å². The Morgan fingerprint density at radius 1 is 1.04 bits per heavy atom. The van der Waals surface area contributed by atoms with E-state index in [1.54, 1.807) is 0 Å². The summed E-state index contributed by atoms with van der Waals surface area (Å²) < 4.78 is 9.92. The number of carboxylic acid groups (broad SMARTS) is 2. The number of carbonyl (C=O) groups excluding carboxylic acids is 2. The van der Waals surface area contributed by atoms with Gasteiger partial charge in [0.25, 0.3) is 0 Å². The van der Waals surface area contributed by atoms with Gasteiger partial charge in [-0.15, -0.1) is 0 Å². The summed E-state index contributed by atoms with van der Waals surface area (Å²) in [6.07, 6.45) is -7.97. The molecule has 0 aliphatic carbocycles. The number of aliphatic carboxylic acids is 2. The minimum atomic E-state index is -1.89. The molecule has 0 amide bonds. The van der Waals surface area contributed by atoms with Crippen LogP contribution >= 0.6 is 0 Å². The molecule has 1 fully saturated rings. The molecule has 24 heavy (non-hydrogen) atoms. The number of carbonyl (C=O) groups is 2. The molecule has 0 saturated carbocycles. The molecule has 1 unspecified atom stereocenters. The Kier molecular flexibility index (Phi) is 14.8. The van der Waals surface area contributed by atoms with Gasteiger partial charge in [0.05, 0.1) is 25.2 Å². The molecule has 0 spiro atoms. The minimum absolute atomic E-state index is 0. The molecule has 13 heteroatoms. The summed E-state index contributed by atoms with van der Waals surface area (Å²) in [5.74, 6) is -5.57. The molecular formula is C11H22N2O10Pt. The Morgan fingerprint density at radius 2 is 1.54 bits per heavy atom. The van der Waals surface area contributed by atoms with Crippen LogP contribution in [0.1, 0.15) is 6.42 Å². The third-order valence-corrected chi connectivity index (χ3v) is 3.11. The van der Waals surface area contributed by atoms with Crippen molar-refractivity contribution in [1.82, 2.24) is 12.3 Å². The van der Waals surface area contributed by atoms with E-state index in [9.17, 15) is 35.1 Å². The van der Waals surface area contributed by atoms with E-state index < -0.39 is 68.2 Å². The zero-order valence-corrected chi connectivity index (χ0v) is 14.8. The van der Waals surface area contributed by atoms with Gasteiger partial charge in [-0.3, -0.25) is 0 Å². The van der Waals surface area contributed by atoms with Crippen LogP contribution in [-0.2, 0) is 40.1 Å². The first-order valence-electron chi connectivity index (χ1n) is 6.13. The predicted octanol–water partition coefficient (Wildman–Crippen LogP) is -5.37. The smallest absolute Gasteiger partial charge is 0.549 e. The molecule has 0 aromatic carbocycles. The molecule has 5 atom stereocenters. The van der Waals surface area contributed by atoms with Gasteiger partial charge in [-0.2, -0.15) is 0 Å². The Bertz CT molecular complexity index is 372. The van der Waals surface area contributed by atoms with Crippen molar-refractivity contribution in [3.05, 3.63) is 0 Å². The maximum absolute atomic E-state index is 10.5. The third kappa shape index (κ3) is 7.05. The minimum Gasteiger partial charge on any atom is -0.549 e. The fraction of sp³-hybridized carbons (Fsp3) is 0.818. The fourth-order valence-electron chi connectivity index (χ4n) is 1.84. The van der Waals surface area contributed by atoms with Crippen LogP contribution in [0, 0.1) is 5.92 Å². The number of carboxylic acids is 2. The molecule has 1 heterocycles. The molecule has 1 saturated heterocycles. The quantitative estimate of drug-likeness (QED) is 0.167. The predicted molar refractivity (Wildman–Crippen MR) is 67.9 cm³/mol. The Labute approximate surface area is 151 Å². The van der Waals surface area contributed by atoms with E-state index in [1.165, 1.54) is 0 Å². The van der Waals surface area contributed by atoms with Gasteiger partial charge < -0.3 is 62.0 Å². The van der Waals surface area contributed by atoms with Gasteiger partial charge in [-0.1, -0.05) is 0 Å². The first-order chi connectivity index (χ1) is 9.79. The molecule has 1 rings (SSSR count). The van der Waals surface area contributed by atoms with Crippen LogP contribution in [-0.4, -0.2) is 76.3 Å². The zero-order valence-electron chi connectivity index (χ0n) is 12.6. The number of aliphatic hydroxyl groups excluding tert-OH is 4. The molecule has 1 aliphatic rings. The van der Waals surface area contributed by atoms with Gasteiger partial charge in [0.2, 0.25) is 0 Å². The average Bonchev–Trinajstić information content (AvgIpc) is 2.42. The van der Waals surface area contributed by atoms with Crippen molar-refractivity contribution in [2.75, 3.05) is 13.2 Å². The van der Waals surface area contributed by atoms with E-state index in [-0.39, 0.29) is 33.4 Å². The first-order valence-corrected chi connectivity index (χ1v) is 6.13. The first kappa shape index (κ1) is 28.1. The molecule has 10 N–H and O–H groups in total. The maximum atomic E-state index is 10.5. The van der Waals surface area contributed by atoms with Crippen molar-refractivity contribution >= 4 is 11.9 Å². The standard InChI is InChI=1S/C11H18O10.2H3N.Pt/c12-3-5-6(13)7(14)8(15)11(21-5)20-2-1-4(9(16)17)10(18)19;;;/h4-8,11-15H,1-3H2,(H,16,17)(H,18,19);2*1H3;/q;;;+2/p-2/t5-,6-,7+,8+,11?;;;/m1.../s1. The maximum Gasteiger partial charge on any atom is 2.00 e. The molecule has 0 radical (unpaired) electrons. The largest absolute Gasteiger partial charge is 2.00 e. The third-order valence-electron chi connectivity index (χ3n) is 3.11. The van der Waals surface area contributed by atoms with Crippen molar-refractivity contribution in [3.8, 4) is 0 Å². The van der Waals surface area contributed by atoms with Crippen molar-refractivity contribution in [2.24, 2.45) is 5.92 Å². The van der Waals surface area contributed by atoms with E-state index in [0.717, 1.165) is 0 Å². The van der Waals surface area contributed by atoms with Crippen molar-refractivity contribution < 1.29 is 70.8 Å². The van der Waals surface area contributed by atoms with Gasteiger partial charge in [-0.05, 0) is 6.42 Å². The molecule has 0 bridgehead atoms. The summed E-state index contributed by atoms with van der Waals surface area (Å²) in [5, 5.41) is 58.5. The fourth-order valence-corrected chi connectivity index (χ4v) is 1.84. The SMILES string of the molecule is N.N.O=C([O-])C(CCOC1O[C@H](CO)[C@@H](O)[C@H](O)[C@@H]1O)C(=O)[O-].[Pt+2]. The summed E-state index contributed by atoms with van der Waals surface area (Å²) in [4.78, 5) is 21.0. The van der Waals surface area contributed by atoms with Crippen molar-refractivity contribution in [2.45, 2.75) is 37.1 Å². The normalized spacial score (nSPS) is 29.0. The molecule has 1 aliphatic heterocycles. The molecule has 12 nitrogen and oxygen atoms in total. The van der Waals surface area contributed by atoms with Crippen LogP contribution < -0.4 is 22.5 Å². The summed E-state index contributed by atoms with van der Waals surface area (Å²) >= 11 is 0. The Balaban J connectivity index is -0.00000147. The summed E-state index contributed by atoms with van der Waals surface area (Å²) in [5.41, 5.74) is 0. The monoisotopic (exact) mass is 537 g/mol. The van der Waals surface area contributed by atoms with Crippen molar-refractivity contribution in [3.63, 3.8) is 0 Å². The van der Waals surface area contributed by atoms with Crippen LogP contribution in [0.4, 0.5) is 0 Å². The molecule has 146 valence electrons. The van der Waals surface area contributed by atoms with Gasteiger partial charge in [0.1, 0.15) is 24.4 Å². The average molecular weight is 537 g/mol. The van der Waals surface area contributed by atoms with Crippen molar-refractivity contribution in [1.29, 1.82) is 0 Å². The topological polar surface area (TPSA) is 250 Å². The van der Waals surface area contributed by atoms with Crippen LogP contribution in [0.3, 0.4) is 0 Å². The van der Waals surface area contributed by atoms with E-state index in [2.05, 4.69) is 0 Å². The number of hydrogen-bond donors (Lipinski definition) is 6. The van der Waals surface area contributed by atoms with Gasteiger partial charge in [-0.25, -0.2) is 0 Å². The van der Waals surface area contributed by atoms with Crippen LogP contribution in [0.15, 0.2) is 0 Å². The molecular weight excluding hydrogens is 515 g/mol. The van der Waals surface area contributed by atoms with E-state index >= 15 is 0 Å². The second-order valence-electron chi connectivity index (χ2n) is 4.55. The second-order valence-corrected chi connectivity index (χ2v) is 4.55. The van der Waals surface area contributed by atoms with E-state index in [4.69, 9.17) is 14.6 Å². The number of aliphatic hydroxyl groups is 4. The van der Waals surface area contributed by atoms with E-state index in [1.807, 2.05) is 0 Å². The number of ether oxygens (including phenoxy) is 2. The zero-order chi connectivity index (χ0) is 16.2. The Hall–Kier alpha value is -0.692. The summed E-state index contributed by atoms with van der Waals surface area (Å²) in [6.45, 7) is -1.10. The van der Waals surface area contributed by atoms with Gasteiger partial charge in [0.15, 0.2) is 6.29 Å². The van der Waals surface area contributed by atoms with Gasteiger partial charge in [0, 0.05) is 5.92 Å². The Morgan fingerprint density at radius 3 is 1.96 bits per heavy atom. The number of rotatable bonds is 7. The van der Waals surface area contributed by atoms with Crippen LogP contribution in [0.25, 0.3) is 0 Å². The molecule has 0 aromatic heterocycles. The molecule has 0 aromatic rings. The number of hydrogen-bond acceptors (Lipinski definition) is 12. The van der Waals surface area contributed by atoms with E-state index in [0.29, 0.717) is 0 Å².